The maximum Gasteiger partial charge on any atom is 0.0939 e. The van der Waals surface area contributed by atoms with Crippen LogP contribution in [0.2, 0.25) is 0 Å². The highest BCUT2D eigenvalue weighted by Gasteiger charge is 2.27. The van der Waals surface area contributed by atoms with Gasteiger partial charge in [0.05, 0.1) is 18.8 Å². The van der Waals surface area contributed by atoms with E-state index in [9.17, 15) is 0 Å². The first-order valence-corrected chi connectivity index (χ1v) is 6.85. The molecular weight excluding hydrogens is 252 g/mol. The maximum atomic E-state index is 5.87. The number of halogens is 1. The molecule has 18 heavy (non-hydrogen) atoms. The standard InChI is InChI=1S/C13H26N2O2.ClH/c1-11-7-15(9-13(17-11)10-16-2)8-12-3-5-14-6-4-12;/h11-14H,3-10H2,1-2H3;1H. The second-order valence-electron chi connectivity index (χ2n) is 5.44. The van der Waals surface area contributed by atoms with Crippen LogP contribution in [-0.2, 0) is 9.47 Å². The van der Waals surface area contributed by atoms with Crippen molar-refractivity contribution in [2.45, 2.75) is 32.0 Å². The first kappa shape index (κ1) is 16.2. The molecule has 0 radical (unpaired) electrons. The van der Waals surface area contributed by atoms with Crippen LogP contribution >= 0.6 is 12.4 Å². The number of hydrogen-bond donors (Lipinski definition) is 1. The van der Waals surface area contributed by atoms with E-state index in [-0.39, 0.29) is 18.5 Å². The molecule has 0 spiro atoms. The van der Waals surface area contributed by atoms with E-state index in [4.69, 9.17) is 9.47 Å². The van der Waals surface area contributed by atoms with Crippen molar-refractivity contribution in [1.82, 2.24) is 10.2 Å². The predicted molar refractivity (Wildman–Crippen MR) is 75.5 cm³/mol. The molecule has 0 bridgehead atoms. The van der Waals surface area contributed by atoms with Crippen LogP contribution in [0, 0.1) is 5.92 Å². The smallest absolute Gasteiger partial charge is 0.0939 e. The minimum absolute atomic E-state index is 0. The Morgan fingerprint density at radius 2 is 2.00 bits per heavy atom. The van der Waals surface area contributed by atoms with Gasteiger partial charge in [0, 0.05) is 26.7 Å². The summed E-state index contributed by atoms with van der Waals surface area (Å²) in [7, 11) is 1.75. The third kappa shape index (κ3) is 5.02. The van der Waals surface area contributed by atoms with E-state index < -0.39 is 0 Å². The highest BCUT2D eigenvalue weighted by Crippen LogP contribution is 2.17. The SMILES string of the molecule is COCC1CN(CC2CCNCC2)CC(C)O1.Cl. The number of nitrogens with zero attached hydrogens (tertiary/aromatic N) is 1. The fraction of sp³-hybridized carbons (Fsp3) is 1.00. The second-order valence-corrected chi connectivity index (χ2v) is 5.44. The molecule has 2 aliphatic rings. The van der Waals surface area contributed by atoms with Gasteiger partial charge >= 0.3 is 0 Å². The van der Waals surface area contributed by atoms with Crippen molar-refractivity contribution in [3.8, 4) is 0 Å². The largest absolute Gasteiger partial charge is 0.382 e. The molecule has 0 aromatic carbocycles. The summed E-state index contributed by atoms with van der Waals surface area (Å²) in [4.78, 5) is 2.56. The van der Waals surface area contributed by atoms with Crippen LogP contribution in [0.1, 0.15) is 19.8 Å². The molecule has 2 rings (SSSR count). The van der Waals surface area contributed by atoms with Gasteiger partial charge in [0.2, 0.25) is 0 Å². The van der Waals surface area contributed by atoms with Gasteiger partial charge in [-0.25, -0.2) is 0 Å². The molecule has 2 saturated heterocycles. The van der Waals surface area contributed by atoms with Crippen LogP contribution in [0.4, 0.5) is 0 Å². The zero-order chi connectivity index (χ0) is 12.1. The Labute approximate surface area is 117 Å². The van der Waals surface area contributed by atoms with Gasteiger partial charge < -0.3 is 14.8 Å². The highest BCUT2D eigenvalue weighted by atomic mass is 35.5. The van der Waals surface area contributed by atoms with E-state index in [1.165, 1.54) is 32.5 Å². The van der Waals surface area contributed by atoms with Crippen molar-refractivity contribution in [3.05, 3.63) is 0 Å². The monoisotopic (exact) mass is 278 g/mol. The van der Waals surface area contributed by atoms with Crippen LogP contribution in [0.5, 0.6) is 0 Å². The summed E-state index contributed by atoms with van der Waals surface area (Å²) in [6.07, 6.45) is 3.23. The zero-order valence-electron chi connectivity index (χ0n) is 11.6. The molecule has 5 heteroatoms. The molecule has 0 aliphatic carbocycles. The Kier molecular flexibility index (Phi) is 7.49. The predicted octanol–water partition coefficient (Wildman–Crippen LogP) is 1.14. The average molecular weight is 279 g/mol. The Bertz CT molecular complexity index is 225. The summed E-state index contributed by atoms with van der Waals surface area (Å²) in [5, 5.41) is 3.43. The van der Waals surface area contributed by atoms with Crippen molar-refractivity contribution in [1.29, 1.82) is 0 Å². The lowest BCUT2D eigenvalue weighted by atomic mass is 9.97. The molecule has 2 unspecified atom stereocenters. The summed E-state index contributed by atoms with van der Waals surface area (Å²) in [5.74, 6) is 0.866. The lowest BCUT2D eigenvalue weighted by molar-refractivity contribution is -0.104. The van der Waals surface area contributed by atoms with Crippen molar-refractivity contribution < 1.29 is 9.47 Å². The lowest BCUT2D eigenvalue weighted by Crippen LogP contribution is -2.50. The number of rotatable bonds is 4. The van der Waals surface area contributed by atoms with E-state index in [0.29, 0.717) is 12.7 Å². The number of hydrogen-bond acceptors (Lipinski definition) is 4. The lowest BCUT2D eigenvalue weighted by Gasteiger charge is -2.39. The van der Waals surface area contributed by atoms with Crippen LogP contribution in [0.3, 0.4) is 0 Å². The molecule has 0 saturated carbocycles. The molecule has 0 aromatic heterocycles. The van der Waals surface area contributed by atoms with Crippen LogP contribution in [0.25, 0.3) is 0 Å². The van der Waals surface area contributed by atoms with E-state index in [1.807, 2.05) is 0 Å². The minimum Gasteiger partial charge on any atom is -0.382 e. The molecule has 4 nitrogen and oxygen atoms in total. The molecule has 0 amide bonds. The van der Waals surface area contributed by atoms with Crippen molar-refractivity contribution in [3.63, 3.8) is 0 Å². The summed E-state index contributed by atoms with van der Waals surface area (Å²) in [5.41, 5.74) is 0. The second kappa shape index (κ2) is 8.33. The average Bonchev–Trinajstić information content (AvgIpc) is 2.30. The van der Waals surface area contributed by atoms with Gasteiger partial charge in [0.25, 0.3) is 0 Å². The Hall–Kier alpha value is 0.130. The summed E-state index contributed by atoms with van der Waals surface area (Å²) in [6, 6.07) is 0. The fourth-order valence-electron chi connectivity index (χ4n) is 3.00. The maximum absolute atomic E-state index is 5.87. The number of ether oxygens (including phenoxy) is 2. The number of piperidine rings is 1. The van der Waals surface area contributed by atoms with Crippen molar-refractivity contribution >= 4 is 12.4 Å². The number of morpholine rings is 1. The van der Waals surface area contributed by atoms with Gasteiger partial charge in [0.15, 0.2) is 0 Å². The van der Waals surface area contributed by atoms with Crippen molar-refractivity contribution in [2.75, 3.05) is 46.4 Å². The Balaban J connectivity index is 0.00000162. The molecule has 2 atom stereocenters. The summed E-state index contributed by atoms with van der Waals surface area (Å²) < 4.78 is 11.1. The normalized spacial score (nSPS) is 31.0. The molecule has 1 N–H and O–H groups in total. The number of nitrogens with one attached hydrogen (secondary N) is 1. The quantitative estimate of drug-likeness (QED) is 0.836. The van der Waals surface area contributed by atoms with Gasteiger partial charge in [-0.2, -0.15) is 0 Å². The van der Waals surface area contributed by atoms with Gasteiger partial charge in [-0.1, -0.05) is 0 Å². The summed E-state index contributed by atoms with van der Waals surface area (Å²) >= 11 is 0. The third-order valence-corrected chi connectivity index (χ3v) is 3.73. The summed E-state index contributed by atoms with van der Waals surface area (Å²) in [6.45, 7) is 8.59. The van der Waals surface area contributed by atoms with Crippen LogP contribution in [0.15, 0.2) is 0 Å². The molecule has 2 heterocycles. The van der Waals surface area contributed by atoms with Crippen LogP contribution < -0.4 is 5.32 Å². The van der Waals surface area contributed by atoms with Crippen LogP contribution in [-0.4, -0.2) is 63.5 Å². The van der Waals surface area contributed by atoms with Gasteiger partial charge in [-0.05, 0) is 38.8 Å². The van der Waals surface area contributed by atoms with E-state index in [2.05, 4.69) is 17.1 Å². The van der Waals surface area contributed by atoms with Crippen molar-refractivity contribution in [2.24, 2.45) is 5.92 Å². The number of methoxy groups -OCH3 is 1. The molecule has 0 aromatic rings. The van der Waals surface area contributed by atoms with E-state index >= 15 is 0 Å². The molecular formula is C13H27ClN2O2. The molecule has 2 fully saturated rings. The highest BCUT2D eigenvalue weighted by molar-refractivity contribution is 5.85. The molecule has 108 valence electrons. The van der Waals surface area contributed by atoms with E-state index in [1.54, 1.807) is 7.11 Å². The topological polar surface area (TPSA) is 33.7 Å². The van der Waals surface area contributed by atoms with Gasteiger partial charge in [-0.3, -0.25) is 4.90 Å². The third-order valence-electron chi connectivity index (χ3n) is 3.73. The fourth-order valence-corrected chi connectivity index (χ4v) is 3.00. The zero-order valence-corrected chi connectivity index (χ0v) is 12.4. The first-order chi connectivity index (χ1) is 8.28. The van der Waals surface area contributed by atoms with E-state index in [0.717, 1.165) is 19.0 Å². The minimum atomic E-state index is 0. The van der Waals surface area contributed by atoms with Gasteiger partial charge in [-0.15, -0.1) is 12.4 Å². The Morgan fingerprint density at radius 1 is 1.28 bits per heavy atom. The van der Waals surface area contributed by atoms with Gasteiger partial charge in [0.1, 0.15) is 0 Å². The first-order valence-electron chi connectivity index (χ1n) is 6.85. The Morgan fingerprint density at radius 3 is 2.67 bits per heavy atom. The molecule has 2 aliphatic heterocycles.